The van der Waals surface area contributed by atoms with Crippen molar-refractivity contribution in [3.05, 3.63) is 23.8 Å². The Morgan fingerprint density at radius 1 is 0.900 bits per heavy atom. The lowest BCUT2D eigenvalue weighted by Gasteiger charge is -2.26. The lowest BCUT2D eigenvalue weighted by atomic mass is 9.88. The third kappa shape index (κ3) is 7.47. The van der Waals surface area contributed by atoms with Crippen LogP contribution < -0.4 is 15.2 Å². The van der Waals surface area contributed by atoms with E-state index in [1.54, 1.807) is 26.8 Å². The SMILES string of the molecule is CCC(=O)OCC[C@@](N)(Cc1ccc(OC(=O)CC)c(OC(=O)CC)c1)C(=O)OC. The molecule has 9 nitrogen and oxygen atoms in total. The van der Waals surface area contributed by atoms with Gasteiger partial charge >= 0.3 is 23.9 Å². The van der Waals surface area contributed by atoms with Crippen molar-refractivity contribution in [1.29, 1.82) is 0 Å². The third-order valence-corrected chi connectivity index (χ3v) is 4.24. The van der Waals surface area contributed by atoms with Crippen molar-refractivity contribution in [2.45, 2.75) is 58.4 Å². The van der Waals surface area contributed by atoms with Gasteiger partial charge in [0.25, 0.3) is 0 Å². The lowest BCUT2D eigenvalue weighted by Crippen LogP contribution is -2.51. The van der Waals surface area contributed by atoms with Gasteiger partial charge in [-0.2, -0.15) is 0 Å². The van der Waals surface area contributed by atoms with E-state index in [1.807, 2.05) is 0 Å². The molecule has 0 heterocycles. The fraction of sp³-hybridized carbons (Fsp3) is 0.524. The zero-order chi connectivity index (χ0) is 22.7. The first kappa shape index (κ1) is 25.1. The van der Waals surface area contributed by atoms with E-state index in [2.05, 4.69) is 0 Å². The van der Waals surface area contributed by atoms with Gasteiger partial charge in [-0.15, -0.1) is 0 Å². The molecule has 30 heavy (non-hydrogen) atoms. The van der Waals surface area contributed by atoms with E-state index in [1.165, 1.54) is 19.2 Å². The highest BCUT2D eigenvalue weighted by molar-refractivity contribution is 5.81. The molecule has 0 aliphatic heterocycles. The first-order valence-electron chi connectivity index (χ1n) is 9.76. The van der Waals surface area contributed by atoms with Crippen LogP contribution in [0.3, 0.4) is 0 Å². The largest absolute Gasteiger partial charge is 0.468 e. The third-order valence-electron chi connectivity index (χ3n) is 4.24. The summed E-state index contributed by atoms with van der Waals surface area (Å²) in [6.45, 7) is 4.87. The second-order valence-corrected chi connectivity index (χ2v) is 6.58. The molecule has 9 heteroatoms. The number of nitrogens with two attached hydrogens (primary N) is 1. The van der Waals surface area contributed by atoms with Crippen LogP contribution in [0.5, 0.6) is 11.5 Å². The molecular formula is C21H29NO8. The van der Waals surface area contributed by atoms with Crippen molar-refractivity contribution in [1.82, 2.24) is 0 Å². The Kier molecular flexibility index (Phi) is 9.97. The fourth-order valence-electron chi connectivity index (χ4n) is 2.50. The maximum absolute atomic E-state index is 12.3. The number of carbonyl (C=O) groups excluding carboxylic acids is 4. The van der Waals surface area contributed by atoms with Gasteiger partial charge in [-0.25, -0.2) is 0 Å². The summed E-state index contributed by atoms with van der Waals surface area (Å²) in [6, 6.07) is 4.55. The van der Waals surface area contributed by atoms with Gasteiger partial charge in [-0.05, 0) is 17.7 Å². The number of carbonyl (C=O) groups is 4. The molecule has 0 fully saturated rings. The first-order chi connectivity index (χ1) is 14.2. The van der Waals surface area contributed by atoms with Crippen molar-refractivity contribution in [3.63, 3.8) is 0 Å². The minimum atomic E-state index is -1.48. The van der Waals surface area contributed by atoms with Crippen LogP contribution >= 0.6 is 0 Å². The summed E-state index contributed by atoms with van der Waals surface area (Å²) in [6.07, 6.45) is 0.523. The van der Waals surface area contributed by atoms with Crippen LogP contribution in [0.4, 0.5) is 0 Å². The van der Waals surface area contributed by atoms with Crippen LogP contribution in [0.1, 0.15) is 52.0 Å². The summed E-state index contributed by atoms with van der Waals surface area (Å²) in [5.74, 6) is -1.95. The predicted molar refractivity (Wildman–Crippen MR) is 107 cm³/mol. The summed E-state index contributed by atoms with van der Waals surface area (Å²) in [4.78, 5) is 47.1. The molecule has 0 aliphatic rings. The van der Waals surface area contributed by atoms with Gasteiger partial charge in [-0.3, -0.25) is 19.2 Å². The molecule has 0 saturated carbocycles. The normalized spacial score (nSPS) is 12.4. The monoisotopic (exact) mass is 423 g/mol. The summed E-state index contributed by atoms with van der Waals surface area (Å²) >= 11 is 0. The highest BCUT2D eigenvalue weighted by Crippen LogP contribution is 2.31. The standard InChI is InChI=1S/C21H29NO8/c1-5-17(23)28-11-10-21(22,20(26)27-4)13-14-8-9-15(29-18(24)6-2)16(12-14)30-19(25)7-3/h8-9,12H,5-7,10-11,13,22H2,1-4H3/t21-/m1/s1. The van der Waals surface area contributed by atoms with Crippen molar-refractivity contribution in [3.8, 4) is 11.5 Å². The molecule has 0 unspecified atom stereocenters. The molecule has 0 radical (unpaired) electrons. The Morgan fingerprint density at radius 3 is 2.00 bits per heavy atom. The molecule has 1 aromatic carbocycles. The van der Waals surface area contributed by atoms with Gasteiger partial charge in [0.05, 0.1) is 13.7 Å². The molecule has 0 aliphatic carbocycles. The number of hydrogen-bond acceptors (Lipinski definition) is 9. The Labute approximate surface area is 175 Å². The van der Waals surface area contributed by atoms with Gasteiger partial charge in [0, 0.05) is 32.1 Å². The Morgan fingerprint density at radius 2 is 1.47 bits per heavy atom. The zero-order valence-corrected chi connectivity index (χ0v) is 17.8. The average Bonchev–Trinajstić information content (AvgIpc) is 2.74. The molecule has 0 spiro atoms. The lowest BCUT2D eigenvalue weighted by molar-refractivity contribution is -0.151. The Hall–Kier alpha value is -2.94. The number of methoxy groups -OCH3 is 1. The number of esters is 4. The molecule has 0 amide bonds. The van der Waals surface area contributed by atoms with Gasteiger partial charge in [-0.1, -0.05) is 26.8 Å². The first-order valence-corrected chi connectivity index (χ1v) is 9.76. The topological polar surface area (TPSA) is 131 Å². The fourth-order valence-corrected chi connectivity index (χ4v) is 2.50. The van der Waals surface area contributed by atoms with E-state index in [-0.39, 0.29) is 50.2 Å². The molecule has 1 atom stereocenters. The molecule has 2 N–H and O–H groups in total. The number of hydrogen-bond donors (Lipinski definition) is 1. The number of ether oxygens (including phenoxy) is 4. The predicted octanol–water partition coefficient (Wildman–Crippen LogP) is 2.07. The Bertz CT molecular complexity index is 776. The molecule has 166 valence electrons. The van der Waals surface area contributed by atoms with Crippen LogP contribution in [0.15, 0.2) is 18.2 Å². The smallest absolute Gasteiger partial charge is 0.326 e. The quantitative estimate of drug-likeness (QED) is 0.420. The van der Waals surface area contributed by atoms with E-state index in [0.717, 1.165) is 0 Å². The summed E-state index contributed by atoms with van der Waals surface area (Å²) in [7, 11) is 1.21. The molecular weight excluding hydrogens is 394 g/mol. The van der Waals surface area contributed by atoms with E-state index < -0.39 is 29.4 Å². The van der Waals surface area contributed by atoms with Crippen molar-refractivity contribution < 1.29 is 38.1 Å². The highest BCUT2D eigenvalue weighted by Gasteiger charge is 2.36. The zero-order valence-electron chi connectivity index (χ0n) is 17.8. The average molecular weight is 423 g/mol. The van der Waals surface area contributed by atoms with E-state index in [4.69, 9.17) is 24.7 Å². The van der Waals surface area contributed by atoms with Gasteiger partial charge in [0.1, 0.15) is 5.54 Å². The van der Waals surface area contributed by atoms with Crippen LogP contribution in [-0.4, -0.2) is 43.1 Å². The second kappa shape index (κ2) is 11.9. The summed E-state index contributed by atoms with van der Waals surface area (Å²) in [5.41, 5.74) is 5.34. The van der Waals surface area contributed by atoms with Gasteiger partial charge in [0.15, 0.2) is 11.5 Å². The molecule has 1 aromatic rings. The summed E-state index contributed by atoms with van der Waals surface area (Å²) < 4.78 is 20.3. The molecule has 0 saturated heterocycles. The van der Waals surface area contributed by atoms with Gasteiger partial charge < -0.3 is 24.7 Å². The second-order valence-electron chi connectivity index (χ2n) is 6.58. The van der Waals surface area contributed by atoms with Crippen molar-refractivity contribution >= 4 is 23.9 Å². The number of rotatable bonds is 11. The van der Waals surface area contributed by atoms with Gasteiger partial charge in [0.2, 0.25) is 0 Å². The van der Waals surface area contributed by atoms with Crippen LogP contribution in [0.25, 0.3) is 0 Å². The minimum absolute atomic E-state index is 0.0159. The van der Waals surface area contributed by atoms with E-state index >= 15 is 0 Å². The minimum Gasteiger partial charge on any atom is -0.468 e. The van der Waals surface area contributed by atoms with Crippen molar-refractivity contribution in [2.75, 3.05) is 13.7 Å². The van der Waals surface area contributed by atoms with Crippen LogP contribution in [0.2, 0.25) is 0 Å². The van der Waals surface area contributed by atoms with Crippen molar-refractivity contribution in [2.24, 2.45) is 5.73 Å². The highest BCUT2D eigenvalue weighted by atomic mass is 16.6. The Balaban J connectivity index is 3.14. The maximum atomic E-state index is 12.3. The van der Waals surface area contributed by atoms with Crippen LogP contribution in [-0.2, 0) is 35.1 Å². The molecule has 0 aromatic heterocycles. The number of benzene rings is 1. The van der Waals surface area contributed by atoms with E-state index in [9.17, 15) is 19.2 Å². The summed E-state index contributed by atoms with van der Waals surface area (Å²) in [5, 5.41) is 0. The van der Waals surface area contributed by atoms with E-state index in [0.29, 0.717) is 5.56 Å². The maximum Gasteiger partial charge on any atom is 0.326 e. The van der Waals surface area contributed by atoms with Crippen LogP contribution in [0, 0.1) is 0 Å². The molecule has 1 rings (SSSR count). The molecule has 0 bridgehead atoms.